The van der Waals surface area contributed by atoms with Gasteiger partial charge in [-0.05, 0) is 79.1 Å². The number of benzene rings is 3. The van der Waals surface area contributed by atoms with Crippen molar-refractivity contribution in [1.29, 1.82) is 0 Å². The standard InChI is InChI=1S/C32H30Cl2F2N2O6S/c33-21-11-9-19(10-12-21)29-30(20-3-1-4-22(34)15-20)44-26(16-27(39)40)31(41)38(29)25(18-7-8-18)17-37-45(42,43)32(13-14-32)28-23(35)5-2-6-24(28)36/h1-6,9-12,15,18,25-26,29-30,37H,7-8,13-14,16-17H2,(H,39,40)/t25-,26+,29-,30-/m1/s1. The van der Waals surface area contributed by atoms with Crippen molar-refractivity contribution >= 4 is 45.1 Å². The largest absolute Gasteiger partial charge is 0.481 e. The molecule has 3 fully saturated rings. The van der Waals surface area contributed by atoms with E-state index < -0.39 is 74.6 Å². The second kappa shape index (κ2) is 12.3. The number of amides is 1. The summed E-state index contributed by atoms with van der Waals surface area (Å²) in [6.45, 7) is -0.247. The first-order valence-electron chi connectivity index (χ1n) is 14.6. The number of nitrogens with one attached hydrogen (secondary N) is 1. The summed E-state index contributed by atoms with van der Waals surface area (Å²) in [6.07, 6.45) is -1.38. The zero-order valence-corrected chi connectivity index (χ0v) is 26.2. The van der Waals surface area contributed by atoms with Crippen LogP contribution in [0.15, 0.2) is 66.7 Å². The van der Waals surface area contributed by atoms with Gasteiger partial charge in [0, 0.05) is 28.2 Å². The van der Waals surface area contributed by atoms with Crippen LogP contribution in [0.3, 0.4) is 0 Å². The van der Waals surface area contributed by atoms with Gasteiger partial charge in [0.15, 0.2) is 0 Å². The van der Waals surface area contributed by atoms with Crippen molar-refractivity contribution < 1.29 is 36.6 Å². The molecule has 238 valence electrons. The van der Waals surface area contributed by atoms with Gasteiger partial charge >= 0.3 is 5.97 Å². The lowest BCUT2D eigenvalue weighted by Gasteiger charge is -2.48. The Hall–Kier alpha value is -3.09. The maximum absolute atomic E-state index is 14.8. The first kappa shape index (κ1) is 31.9. The Balaban J connectivity index is 1.41. The lowest BCUT2D eigenvalue weighted by atomic mass is 9.89. The fourth-order valence-electron chi connectivity index (χ4n) is 6.37. The summed E-state index contributed by atoms with van der Waals surface area (Å²) in [7, 11) is -4.32. The Labute approximate surface area is 269 Å². The second-order valence-corrected chi connectivity index (χ2v) is 14.7. The molecule has 0 aromatic heterocycles. The Morgan fingerprint density at radius 2 is 1.64 bits per heavy atom. The summed E-state index contributed by atoms with van der Waals surface area (Å²) < 4.78 is 64.2. The quantitative estimate of drug-likeness (QED) is 0.252. The molecule has 3 aliphatic rings. The minimum atomic E-state index is -4.32. The van der Waals surface area contributed by atoms with Crippen LogP contribution in [0, 0.1) is 17.6 Å². The number of nitrogens with zero attached hydrogens (tertiary/aromatic N) is 1. The maximum atomic E-state index is 14.8. The van der Waals surface area contributed by atoms with Gasteiger partial charge in [0.1, 0.15) is 28.6 Å². The van der Waals surface area contributed by atoms with E-state index >= 15 is 0 Å². The van der Waals surface area contributed by atoms with Crippen molar-refractivity contribution in [2.45, 2.75) is 61.1 Å². The van der Waals surface area contributed by atoms with Gasteiger partial charge in [-0.25, -0.2) is 21.9 Å². The zero-order chi connectivity index (χ0) is 32.1. The lowest BCUT2D eigenvalue weighted by molar-refractivity contribution is -0.184. The Kier molecular flexibility index (Phi) is 8.68. The van der Waals surface area contributed by atoms with Gasteiger partial charge in [-0.2, -0.15) is 0 Å². The molecule has 4 atom stereocenters. The number of sulfonamides is 1. The van der Waals surface area contributed by atoms with Crippen LogP contribution >= 0.6 is 23.2 Å². The van der Waals surface area contributed by atoms with Crippen molar-refractivity contribution in [3.05, 3.63) is 105 Å². The van der Waals surface area contributed by atoms with Crippen LogP contribution < -0.4 is 4.72 Å². The van der Waals surface area contributed by atoms with Gasteiger partial charge in [0.2, 0.25) is 10.0 Å². The molecular weight excluding hydrogens is 649 g/mol. The van der Waals surface area contributed by atoms with Crippen LogP contribution in [0.5, 0.6) is 0 Å². The fraction of sp³-hybridized carbons (Fsp3) is 0.375. The number of rotatable bonds is 11. The van der Waals surface area contributed by atoms with Crippen molar-refractivity contribution in [1.82, 2.24) is 9.62 Å². The second-order valence-electron chi connectivity index (χ2n) is 11.8. The molecule has 1 amide bonds. The Bertz CT molecular complexity index is 1710. The van der Waals surface area contributed by atoms with Crippen molar-refractivity contribution in [3.63, 3.8) is 0 Å². The smallest absolute Gasteiger partial charge is 0.306 e. The Morgan fingerprint density at radius 1 is 1.00 bits per heavy atom. The molecule has 2 saturated carbocycles. The van der Waals surface area contributed by atoms with Gasteiger partial charge in [0.25, 0.3) is 5.91 Å². The third-order valence-electron chi connectivity index (χ3n) is 8.82. The average Bonchev–Trinajstić information content (AvgIpc) is 3.91. The van der Waals surface area contributed by atoms with Gasteiger partial charge < -0.3 is 14.7 Å². The molecule has 2 N–H and O–H groups in total. The molecule has 13 heteroatoms. The highest BCUT2D eigenvalue weighted by Gasteiger charge is 2.59. The van der Waals surface area contributed by atoms with Crippen molar-refractivity contribution in [2.75, 3.05) is 6.54 Å². The monoisotopic (exact) mass is 678 g/mol. The molecule has 6 rings (SSSR count). The van der Waals surface area contributed by atoms with Gasteiger partial charge in [-0.15, -0.1) is 0 Å². The van der Waals surface area contributed by atoms with Crippen molar-refractivity contribution in [3.8, 4) is 0 Å². The van der Waals surface area contributed by atoms with E-state index in [1.165, 1.54) is 11.0 Å². The molecule has 45 heavy (non-hydrogen) atoms. The molecule has 1 saturated heterocycles. The number of carbonyl (C=O) groups is 2. The Morgan fingerprint density at radius 3 is 2.22 bits per heavy atom. The number of aliphatic carboxylic acids is 1. The van der Waals surface area contributed by atoms with E-state index in [4.69, 9.17) is 27.9 Å². The molecule has 0 radical (unpaired) electrons. The topological polar surface area (TPSA) is 113 Å². The fourth-order valence-corrected chi connectivity index (χ4v) is 8.46. The highest BCUT2D eigenvalue weighted by Crippen LogP contribution is 2.54. The molecule has 1 aliphatic heterocycles. The van der Waals surface area contributed by atoms with E-state index in [9.17, 15) is 31.9 Å². The maximum Gasteiger partial charge on any atom is 0.306 e. The number of hydrogen-bond acceptors (Lipinski definition) is 5. The highest BCUT2D eigenvalue weighted by atomic mass is 35.5. The first-order chi connectivity index (χ1) is 21.4. The summed E-state index contributed by atoms with van der Waals surface area (Å²) in [5, 5.41) is 10.5. The number of carbonyl (C=O) groups excluding carboxylic acids is 1. The number of halogens is 4. The van der Waals surface area contributed by atoms with E-state index in [1.54, 1.807) is 48.5 Å². The highest BCUT2D eigenvalue weighted by molar-refractivity contribution is 7.90. The average molecular weight is 680 g/mol. The van der Waals surface area contributed by atoms with E-state index in [1.807, 2.05) is 0 Å². The lowest BCUT2D eigenvalue weighted by Crippen LogP contribution is -2.58. The van der Waals surface area contributed by atoms with E-state index in [0.29, 0.717) is 34.0 Å². The number of carboxylic acids is 1. The summed E-state index contributed by atoms with van der Waals surface area (Å²) in [5.41, 5.74) is 0.731. The van der Waals surface area contributed by atoms with E-state index in [2.05, 4.69) is 4.72 Å². The van der Waals surface area contributed by atoms with Gasteiger partial charge in [-0.1, -0.05) is 53.5 Å². The summed E-state index contributed by atoms with van der Waals surface area (Å²) >= 11 is 12.5. The molecule has 3 aromatic carbocycles. The van der Waals surface area contributed by atoms with E-state index in [0.717, 1.165) is 12.1 Å². The molecule has 0 unspecified atom stereocenters. The summed E-state index contributed by atoms with van der Waals surface area (Å²) in [6, 6.07) is 15.3. The molecule has 0 bridgehead atoms. The van der Waals surface area contributed by atoms with Crippen LogP contribution in [-0.2, 0) is 29.1 Å². The third kappa shape index (κ3) is 6.20. The summed E-state index contributed by atoms with van der Waals surface area (Å²) in [4.78, 5) is 27.6. The van der Waals surface area contributed by atoms with Crippen LogP contribution in [0.2, 0.25) is 10.0 Å². The predicted molar refractivity (Wildman–Crippen MR) is 163 cm³/mol. The zero-order valence-electron chi connectivity index (χ0n) is 23.8. The molecule has 2 aliphatic carbocycles. The van der Waals surface area contributed by atoms with Crippen LogP contribution in [-0.4, -0.2) is 49.0 Å². The summed E-state index contributed by atoms with van der Waals surface area (Å²) in [5.74, 6) is -3.84. The van der Waals surface area contributed by atoms with Gasteiger partial charge in [-0.3, -0.25) is 9.59 Å². The number of morpholine rings is 1. The molecule has 3 aromatic rings. The number of hydrogen-bond donors (Lipinski definition) is 2. The first-order valence-corrected chi connectivity index (χ1v) is 16.8. The minimum absolute atomic E-state index is 0.0374. The predicted octanol–water partition coefficient (Wildman–Crippen LogP) is 6.14. The van der Waals surface area contributed by atoms with Crippen LogP contribution in [0.4, 0.5) is 8.78 Å². The van der Waals surface area contributed by atoms with E-state index in [-0.39, 0.29) is 25.3 Å². The molecule has 0 spiro atoms. The normalized spacial score (nSPS) is 23.5. The minimum Gasteiger partial charge on any atom is -0.481 e. The molecule has 8 nitrogen and oxygen atoms in total. The van der Waals surface area contributed by atoms with Crippen LogP contribution in [0.1, 0.15) is 60.9 Å². The van der Waals surface area contributed by atoms with Gasteiger partial charge in [0.05, 0.1) is 12.5 Å². The SMILES string of the molecule is O=C(O)C[C@@H]1O[C@H](c2cccc(Cl)c2)[C@@H](c2ccc(Cl)cc2)N([C@H](CNS(=O)(=O)C2(c3c(F)cccc3F)CC2)C2CC2)C1=O. The molecular formula is C32H30Cl2F2N2O6S. The number of ether oxygens (including phenoxy) is 1. The number of carboxylic acid groups (broad SMARTS) is 1. The molecule has 1 heterocycles. The van der Waals surface area contributed by atoms with Crippen LogP contribution in [0.25, 0.3) is 0 Å². The van der Waals surface area contributed by atoms with Crippen molar-refractivity contribution in [2.24, 2.45) is 5.92 Å². The third-order valence-corrected chi connectivity index (χ3v) is 11.5.